The third-order valence-electron chi connectivity index (χ3n) is 4.87. The van der Waals surface area contributed by atoms with Crippen molar-refractivity contribution in [1.29, 1.82) is 0 Å². The highest BCUT2D eigenvalue weighted by molar-refractivity contribution is 5.79. The van der Waals surface area contributed by atoms with Crippen molar-refractivity contribution in [3.8, 4) is 0 Å². The Morgan fingerprint density at radius 1 is 1.10 bits per heavy atom. The fourth-order valence-electron chi connectivity index (χ4n) is 3.26. The standard InChI is InChI=1S/C18H26N2O/c1-13-2-4-14(5-3-13)12-20(17-10-11-17)18(21)15-6-8-16(19)9-7-15/h2-5,15-17H,6-12,19H2,1H3. The summed E-state index contributed by atoms with van der Waals surface area (Å²) in [7, 11) is 0. The van der Waals surface area contributed by atoms with Crippen LogP contribution in [-0.2, 0) is 11.3 Å². The van der Waals surface area contributed by atoms with E-state index in [1.165, 1.54) is 24.0 Å². The lowest BCUT2D eigenvalue weighted by atomic mass is 9.85. The van der Waals surface area contributed by atoms with Crippen LogP contribution < -0.4 is 5.73 Å². The molecule has 0 unspecified atom stereocenters. The minimum atomic E-state index is 0.204. The van der Waals surface area contributed by atoms with Crippen LogP contribution in [0.1, 0.15) is 49.7 Å². The van der Waals surface area contributed by atoms with E-state index in [0.29, 0.717) is 18.0 Å². The van der Waals surface area contributed by atoms with E-state index in [0.717, 1.165) is 32.2 Å². The summed E-state index contributed by atoms with van der Waals surface area (Å²) in [6.45, 7) is 2.87. The summed E-state index contributed by atoms with van der Waals surface area (Å²) in [6.07, 6.45) is 6.28. The Labute approximate surface area is 127 Å². The summed E-state index contributed by atoms with van der Waals surface area (Å²) < 4.78 is 0. The minimum absolute atomic E-state index is 0.204. The first-order valence-electron chi connectivity index (χ1n) is 8.25. The molecule has 0 heterocycles. The highest BCUT2D eigenvalue weighted by Crippen LogP contribution is 2.33. The summed E-state index contributed by atoms with van der Waals surface area (Å²) in [6, 6.07) is 9.34. The Morgan fingerprint density at radius 3 is 2.29 bits per heavy atom. The molecule has 3 nitrogen and oxygen atoms in total. The van der Waals surface area contributed by atoms with Crippen LogP contribution in [0.2, 0.25) is 0 Å². The van der Waals surface area contributed by atoms with Crippen LogP contribution in [-0.4, -0.2) is 22.9 Å². The zero-order valence-electron chi connectivity index (χ0n) is 12.9. The molecule has 0 aromatic heterocycles. The van der Waals surface area contributed by atoms with Crippen molar-refractivity contribution in [3.05, 3.63) is 35.4 Å². The molecule has 2 aliphatic carbocycles. The Kier molecular flexibility index (Phi) is 4.29. The molecule has 3 rings (SSSR count). The fraction of sp³-hybridized carbons (Fsp3) is 0.611. The number of rotatable bonds is 4. The van der Waals surface area contributed by atoms with Crippen molar-refractivity contribution >= 4 is 5.91 Å². The number of benzene rings is 1. The summed E-state index contributed by atoms with van der Waals surface area (Å²) in [4.78, 5) is 15.0. The van der Waals surface area contributed by atoms with Crippen molar-refractivity contribution in [2.24, 2.45) is 11.7 Å². The smallest absolute Gasteiger partial charge is 0.226 e. The molecule has 0 spiro atoms. The van der Waals surface area contributed by atoms with Gasteiger partial charge in [-0.25, -0.2) is 0 Å². The zero-order valence-corrected chi connectivity index (χ0v) is 12.9. The predicted octanol–water partition coefficient (Wildman–Crippen LogP) is 3.00. The molecule has 2 aliphatic rings. The van der Waals surface area contributed by atoms with Crippen molar-refractivity contribution in [1.82, 2.24) is 4.90 Å². The van der Waals surface area contributed by atoms with Gasteiger partial charge < -0.3 is 10.6 Å². The highest BCUT2D eigenvalue weighted by atomic mass is 16.2. The second-order valence-corrected chi connectivity index (χ2v) is 6.79. The molecule has 2 saturated carbocycles. The van der Waals surface area contributed by atoms with Crippen molar-refractivity contribution < 1.29 is 4.79 Å². The molecule has 0 saturated heterocycles. The van der Waals surface area contributed by atoms with Gasteiger partial charge in [-0.2, -0.15) is 0 Å². The number of hydrogen-bond acceptors (Lipinski definition) is 2. The predicted molar refractivity (Wildman–Crippen MR) is 84.7 cm³/mol. The number of nitrogens with zero attached hydrogens (tertiary/aromatic N) is 1. The molecule has 21 heavy (non-hydrogen) atoms. The Morgan fingerprint density at radius 2 is 1.71 bits per heavy atom. The van der Waals surface area contributed by atoms with Crippen LogP contribution in [0, 0.1) is 12.8 Å². The van der Waals surface area contributed by atoms with Crippen LogP contribution in [0.15, 0.2) is 24.3 Å². The first-order valence-corrected chi connectivity index (χ1v) is 8.25. The van der Waals surface area contributed by atoms with E-state index in [1.54, 1.807) is 0 Å². The van der Waals surface area contributed by atoms with Crippen LogP contribution in [0.5, 0.6) is 0 Å². The van der Waals surface area contributed by atoms with Gasteiger partial charge >= 0.3 is 0 Å². The van der Waals surface area contributed by atoms with E-state index in [9.17, 15) is 4.79 Å². The maximum Gasteiger partial charge on any atom is 0.226 e. The maximum atomic E-state index is 12.8. The lowest BCUT2D eigenvalue weighted by Gasteiger charge is -2.31. The van der Waals surface area contributed by atoms with Gasteiger partial charge in [0, 0.05) is 24.5 Å². The van der Waals surface area contributed by atoms with Gasteiger partial charge in [-0.15, -0.1) is 0 Å². The first-order chi connectivity index (χ1) is 10.1. The number of aryl methyl sites for hydroxylation is 1. The van der Waals surface area contributed by atoms with Crippen LogP contribution >= 0.6 is 0 Å². The van der Waals surface area contributed by atoms with Crippen molar-refractivity contribution in [2.75, 3.05) is 0 Å². The second kappa shape index (κ2) is 6.18. The van der Waals surface area contributed by atoms with Crippen molar-refractivity contribution in [2.45, 2.75) is 64.1 Å². The van der Waals surface area contributed by atoms with Gasteiger partial charge in [0.2, 0.25) is 5.91 Å². The minimum Gasteiger partial charge on any atom is -0.335 e. The largest absolute Gasteiger partial charge is 0.335 e. The first kappa shape index (κ1) is 14.6. The van der Waals surface area contributed by atoms with Crippen LogP contribution in [0.4, 0.5) is 0 Å². The number of hydrogen-bond donors (Lipinski definition) is 1. The molecule has 1 aromatic carbocycles. The van der Waals surface area contributed by atoms with Gasteiger partial charge in [0.15, 0.2) is 0 Å². The Balaban J connectivity index is 1.66. The van der Waals surface area contributed by atoms with Gasteiger partial charge in [-0.05, 0) is 51.0 Å². The van der Waals surface area contributed by atoms with E-state index < -0.39 is 0 Å². The second-order valence-electron chi connectivity index (χ2n) is 6.79. The van der Waals surface area contributed by atoms with E-state index in [1.807, 2.05) is 0 Å². The Hall–Kier alpha value is -1.35. The molecule has 0 aliphatic heterocycles. The monoisotopic (exact) mass is 286 g/mol. The SMILES string of the molecule is Cc1ccc(CN(C(=O)C2CCC(N)CC2)C2CC2)cc1. The zero-order chi connectivity index (χ0) is 14.8. The van der Waals surface area contributed by atoms with Gasteiger partial charge in [-0.1, -0.05) is 29.8 Å². The van der Waals surface area contributed by atoms with E-state index in [2.05, 4.69) is 36.1 Å². The molecule has 2 fully saturated rings. The third-order valence-corrected chi connectivity index (χ3v) is 4.87. The molecule has 0 radical (unpaired) electrons. The van der Waals surface area contributed by atoms with Crippen LogP contribution in [0.3, 0.4) is 0 Å². The Bertz CT molecular complexity index is 484. The van der Waals surface area contributed by atoms with Gasteiger partial charge in [0.05, 0.1) is 0 Å². The molecule has 0 atom stereocenters. The number of carbonyl (C=O) groups excluding carboxylic acids is 1. The lowest BCUT2D eigenvalue weighted by Crippen LogP contribution is -2.40. The lowest BCUT2D eigenvalue weighted by molar-refractivity contribution is -0.137. The average molecular weight is 286 g/mol. The number of carbonyl (C=O) groups is 1. The summed E-state index contributed by atoms with van der Waals surface area (Å²) >= 11 is 0. The molecule has 3 heteroatoms. The van der Waals surface area contributed by atoms with Crippen LogP contribution in [0.25, 0.3) is 0 Å². The molecule has 0 bridgehead atoms. The molecule has 1 amide bonds. The summed E-state index contributed by atoms with van der Waals surface area (Å²) in [5.41, 5.74) is 8.47. The van der Waals surface area contributed by atoms with Gasteiger partial charge in [0.1, 0.15) is 0 Å². The van der Waals surface area contributed by atoms with Gasteiger partial charge in [-0.3, -0.25) is 4.79 Å². The van der Waals surface area contributed by atoms with Gasteiger partial charge in [0.25, 0.3) is 0 Å². The maximum absolute atomic E-state index is 12.8. The number of nitrogens with two attached hydrogens (primary N) is 1. The molecular formula is C18H26N2O. The normalized spacial score (nSPS) is 25.6. The average Bonchev–Trinajstić information content (AvgIpc) is 3.31. The van der Waals surface area contributed by atoms with Crippen molar-refractivity contribution in [3.63, 3.8) is 0 Å². The highest BCUT2D eigenvalue weighted by Gasteiger charge is 2.36. The third kappa shape index (κ3) is 3.65. The molecule has 114 valence electrons. The fourth-order valence-corrected chi connectivity index (χ4v) is 3.26. The molecule has 2 N–H and O–H groups in total. The summed E-state index contributed by atoms with van der Waals surface area (Å²) in [5, 5.41) is 0. The van der Waals surface area contributed by atoms with E-state index in [4.69, 9.17) is 5.73 Å². The molecular weight excluding hydrogens is 260 g/mol. The number of amides is 1. The van der Waals surface area contributed by atoms with E-state index in [-0.39, 0.29) is 5.92 Å². The topological polar surface area (TPSA) is 46.3 Å². The summed E-state index contributed by atoms with van der Waals surface area (Å²) in [5.74, 6) is 0.570. The quantitative estimate of drug-likeness (QED) is 0.925. The van der Waals surface area contributed by atoms with E-state index >= 15 is 0 Å². The molecule has 1 aromatic rings.